The van der Waals surface area contributed by atoms with E-state index >= 15 is 0 Å². The number of hydrogen-bond donors (Lipinski definition) is 3. The fraction of sp³-hybridized carbons (Fsp3) is 0.842. The molecule has 1 aliphatic heterocycles. The number of carbonyl (C=O) groups is 3. The normalized spacial score (nSPS) is 15.5. The van der Waals surface area contributed by atoms with E-state index in [9.17, 15) is 19.5 Å². The van der Waals surface area contributed by atoms with E-state index in [1.165, 1.54) is 13.8 Å². The van der Waals surface area contributed by atoms with E-state index < -0.39 is 22.8 Å². The van der Waals surface area contributed by atoms with Crippen molar-refractivity contribution in [2.75, 3.05) is 26.2 Å². The second-order valence-electron chi connectivity index (χ2n) is 9.22. The summed E-state index contributed by atoms with van der Waals surface area (Å²) >= 11 is 0. The summed E-state index contributed by atoms with van der Waals surface area (Å²) in [6.45, 7) is 13.5. The van der Waals surface area contributed by atoms with Gasteiger partial charge < -0.3 is 29.9 Å². The third-order valence-electron chi connectivity index (χ3n) is 3.45. The first kappa shape index (κ1) is 26.1. The summed E-state index contributed by atoms with van der Waals surface area (Å²) in [6, 6.07) is 0. The van der Waals surface area contributed by atoms with Gasteiger partial charge in [0, 0.05) is 26.2 Å². The van der Waals surface area contributed by atoms with Gasteiger partial charge in [0.05, 0.1) is 24.0 Å². The molecule has 1 rings (SSSR count). The number of carbonyl (C=O) groups excluding carboxylic acids is 2. The van der Waals surface area contributed by atoms with Gasteiger partial charge in [0.15, 0.2) is 0 Å². The standard InChI is InChI=1S/C14H26N2O4.C5H10O3/c1-13(2,3)20-12(18)16-8-6-15(7-9-16)11(17)10-14(4,5)19;1-5(2,8)3-4(6)7/h19H,6-10H2,1-5H3;8H,3H2,1-2H3,(H,6,7). The third-order valence-corrected chi connectivity index (χ3v) is 3.45. The summed E-state index contributed by atoms with van der Waals surface area (Å²) in [5.41, 5.74) is -2.59. The molecule has 0 bridgehead atoms. The Balaban J connectivity index is 0.000000769. The van der Waals surface area contributed by atoms with Gasteiger partial charge in [-0.1, -0.05) is 0 Å². The van der Waals surface area contributed by atoms with Crippen LogP contribution in [0.5, 0.6) is 0 Å². The number of aliphatic carboxylic acids is 1. The molecule has 3 N–H and O–H groups in total. The van der Waals surface area contributed by atoms with Crippen molar-refractivity contribution in [3.63, 3.8) is 0 Å². The quantitative estimate of drug-likeness (QED) is 0.647. The molecule has 1 saturated heterocycles. The maximum atomic E-state index is 12.0. The molecule has 0 spiro atoms. The lowest BCUT2D eigenvalue weighted by molar-refractivity contribution is -0.141. The van der Waals surface area contributed by atoms with E-state index in [4.69, 9.17) is 14.9 Å². The van der Waals surface area contributed by atoms with Crippen molar-refractivity contribution in [2.24, 2.45) is 0 Å². The number of hydrogen-bond acceptors (Lipinski definition) is 6. The van der Waals surface area contributed by atoms with Crippen LogP contribution in [0, 0.1) is 0 Å². The molecular weight excluding hydrogens is 368 g/mol. The molecule has 0 atom stereocenters. The lowest BCUT2D eigenvalue weighted by Crippen LogP contribution is -2.52. The van der Waals surface area contributed by atoms with Crippen molar-refractivity contribution >= 4 is 18.0 Å². The summed E-state index contributed by atoms with van der Waals surface area (Å²) in [7, 11) is 0. The molecule has 9 nitrogen and oxygen atoms in total. The second kappa shape index (κ2) is 10.1. The Kier molecular flexibility index (Phi) is 9.39. The van der Waals surface area contributed by atoms with Crippen molar-refractivity contribution in [1.82, 2.24) is 9.80 Å². The van der Waals surface area contributed by atoms with Gasteiger partial charge in [-0.2, -0.15) is 0 Å². The van der Waals surface area contributed by atoms with Crippen molar-refractivity contribution in [2.45, 2.75) is 78.1 Å². The minimum atomic E-state index is -1.08. The molecule has 1 heterocycles. The third kappa shape index (κ3) is 13.3. The highest BCUT2D eigenvalue weighted by molar-refractivity contribution is 5.77. The molecular formula is C19H36N2O7. The average molecular weight is 405 g/mol. The summed E-state index contributed by atoms with van der Waals surface area (Å²) in [5.74, 6) is -1.06. The molecule has 0 saturated carbocycles. The molecule has 0 aliphatic carbocycles. The first-order chi connectivity index (χ1) is 12.4. The number of carboxylic acids is 1. The monoisotopic (exact) mass is 404 g/mol. The van der Waals surface area contributed by atoms with E-state index in [1.54, 1.807) is 23.6 Å². The van der Waals surface area contributed by atoms with Gasteiger partial charge in [0.25, 0.3) is 0 Å². The predicted octanol–water partition coefficient (Wildman–Crippen LogP) is 1.46. The van der Waals surface area contributed by atoms with Crippen LogP contribution in [0.3, 0.4) is 0 Å². The summed E-state index contributed by atoms with van der Waals surface area (Å²) in [6.07, 6.45) is -0.445. The number of piperazine rings is 1. The van der Waals surface area contributed by atoms with Gasteiger partial charge in [0.1, 0.15) is 5.60 Å². The fourth-order valence-electron chi connectivity index (χ4n) is 2.32. The van der Waals surface area contributed by atoms with Crippen LogP contribution in [0.4, 0.5) is 4.79 Å². The van der Waals surface area contributed by atoms with Crippen LogP contribution < -0.4 is 0 Å². The van der Waals surface area contributed by atoms with Crippen LogP contribution in [0.15, 0.2) is 0 Å². The number of carboxylic acid groups (broad SMARTS) is 1. The van der Waals surface area contributed by atoms with E-state index in [-0.39, 0.29) is 24.8 Å². The molecule has 1 fully saturated rings. The van der Waals surface area contributed by atoms with Gasteiger partial charge in [-0.05, 0) is 48.5 Å². The van der Waals surface area contributed by atoms with Crippen LogP contribution >= 0.6 is 0 Å². The average Bonchev–Trinajstić information content (AvgIpc) is 2.41. The lowest BCUT2D eigenvalue weighted by Gasteiger charge is -2.36. The number of ether oxygens (including phenoxy) is 1. The van der Waals surface area contributed by atoms with Gasteiger partial charge in [-0.15, -0.1) is 0 Å². The highest BCUT2D eigenvalue weighted by Crippen LogP contribution is 2.14. The minimum Gasteiger partial charge on any atom is -0.481 e. The topological polar surface area (TPSA) is 128 Å². The first-order valence-electron chi connectivity index (χ1n) is 9.32. The summed E-state index contributed by atoms with van der Waals surface area (Å²) in [4.78, 5) is 37.0. The van der Waals surface area contributed by atoms with E-state index in [2.05, 4.69) is 0 Å². The molecule has 9 heteroatoms. The number of rotatable bonds is 4. The maximum Gasteiger partial charge on any atom is 0.410 e. The summed E-state index contributed by atoms with van der Waals surface area (Å²) in [5, 5.41) is 26.6. The zero-order chi connectivity index (χ0) is 22.3. The van der Waals surface area contributed by atoms with Crippen LogP contribution in [0.25, 0.3) is 0 Å². The van der Waals surface area contributed by atoms with E-state index in [0.29, 0.717) is 26.2 Å². The van der Waals surface area contributed by atoms with Crippen LogP contribution in [0.2, 0.25) is 0 Å². The van der Waals surface area contributed by atoms with Gasteiger partial charge in [-0.3, -0.25) is 9.59 Å². The number of aliphatic hydroxyl groups is 2. The van der Waals surface area contributed by atoms with Crippen LogP contribution in [-0.4, -0.2) is 86.1 Å². The summed E-state index contributed by atoms with van der Waals surface area (Å²) < 4.78 is 5.30. The Morgan fingerprint density at radius 3 is 1.46 bits per heavy atom. The second-order valence-corrected chi connectivity index (χ2v) is 9.22. The fourth-order valence-corrected chi connectivity index (χ4v) is 2.32. The molecule has 0 aromatic heterocycles. The highest BCUT2D eigenvalue weighted by Gasteiger charge is 2.29. The van der Waals surface area contributed by atoms with E-state index in [1.807, 2.05) is 20.8 Å². The zero-order valence-corrected chi connectivity index (χ0v) is 18.1. The Morgan fingerprint density at radius 2 is 1.18 bits per heavy atom. The molecule has 0 aromatic rings. The van der Waals surface area contributed by atoms with Gasteiger partial charge in [-0.25, -0.2) is 4.79 Å². The number of nitrogens with zero attached hydrogens (tertiary/aromatic N) is 2. The smallest absolute Gasteiger partial charge is 0.410 e. The Hall–Kier alpha value is -1.87. The molecule has 0 aromatic carbocycles. The van der Waals surface area contributed by atoms with Crippen molar-refractivity contribution < 1.29 is 34.4 Å². The molecule has 2 amide bonds. The Labute approximate surface area is 167 Å². The van der Waals surface area contributed by atoms with Crippen molar-refractivity contribution in [3.05, 3.63) is 0 Å². The number of amides is 2. The Morgan fingerprint density at radius 1 is 0.786 bits per heavy atom. The first-order valence-corrected chi connectivity index (χ1v) is 9.32. The van der Waals surface area contributed by atoms with Crippen molar-refractivity contribution in [3.8, 4) is 0 Å². The molecule has 28 heavy (non-hydrogen) atoms. The maximum absolute atomic E-state index is 12.0. The lowest BCUT2D eigenvalue weighted by atomic mass is 10.0. The van der Waals surface area contributed by atoms with Crippen molar-refractivity contribution in [1.29, 1.82) is 0 Å². The zero-order valence-electron chi connectivity index (χ0n) is 18.1. The molecule has 0 radical (unpaired) electrons. The van der Waals surface area contributed by atoms with Crippen LogP contribution in [0.1, 0.15) is 61.3 Å². The molecule has 0 unspecified atom stereocenters. The largest absolute Gasteiger partial charge is 0.481 e. The van der Waals surface area contributed by atoms with Crippen LogP contribution in [-0.2, 0) is 14.3 Å². The predicted molar refractivity (Wildman–Crippen MR) is 104 cm³/mol. The van der Waals surface area contributed by atoms with Gasteiger partial charge >= 0.3 is 12.1 Å². The van der Waals surface area contributed by atoms with E-state index in [0.717, 1.165) is 0 Å². The Bertz CT molecular complexity index is 498. The van der Waals surface area contributed by atoms with Gasteiger partial charge in [0.2, 0.25) is 5.91 Å². The molecule has 1 aliphatic rings. The SMILES string of the molecule is CC(C)(O)CC(=O)N1CCN(C(=O)OC(C)(C)C)CC1.CC(C)(O)CC(=O)O. The highest BCUT2D eigenvalue weighted by atomic mass is 16.6. The molecule has 164 valence electrons. The minimum absolute atomic E-state index is 0.0821.